The van der Waals surface area contributed by atoms with Crippen LogP contribution in [0.2, 0.25) is 0 Å². The summed E-state index contributed by atoms with van der Waals surface area (Å²) in [5, 5.41) is 10.7. The van der Waals surface area contributed by atoms with Crippen molar-refractivity contribution in [2.45, 2.75) is 17.8 Å². The molecule has 18 heavy (non-hydrogen) atoms. The standard InChI is InChI=1S/C11H12F2N2O3/c1-18-9-4-7(2-3-8(9)15(16)17)10(6-14)5-11(10,12)13/h2-4H,5-6,14H2,1H3. The van der Waals surface area contributed by atoms with Crippen molar-refractivity contribution in [1.29, 1.82) is 0 Å². The molecule has 2 rings (SSSR count). The zero-order valence-electron chi connectivity index (χ0n) is 9.65. The van der Waals surface area contributed by atoms with Crippen LogP contribution in [0.1, 0.15) is 12.0 Å². The normalized spacial score (nSPS) is 24.7. The predicted octanol–water partition coefficient (Wildman–Crippen LogP) is 1.84. The highest BCUT2D eigenvalue weighted by atomic mass is 19.3. The molecule has 1 aromatic carbocycles. The average Bonchev–Trinajstić information content (AvgIpc) is 2.92. The second kappa shape index (κ2) is 3.88. The number of nitrogens with two attached hydrogens (primary N) is 1. The highest BCUT2D eigenvalue weighted by Crippen LogP contribution is 2.61. The fraction of sp³-hybridized carbons (Fsp3) is 0.455. The Bertz CT molecular complexity index is 507. The van der Waals surface area contributed by atoms with Gasteiger partial charge in [0.25, 0.3) is 5.92 Å². The van der Waals surface area contributed by atoms with Crippen LogP contribution in [-0.2, 0) is 5.41 Å². The van der Waals surface area contributed by atoms with Crippen molar-refractivity contribution in [2.75, 3.05) is 13.7 Å². The maximum atomic E-state index is 13.4. The van der Waals surface area contributed by atoms with Crippen LogP contribution in [0.5, 0.6) is 5.75 Å². The lowest BCUT2D eigenvalue weighted by atomic mass is 9.95. The summed E-state index contributed by atoms with van der Waals surface area (Å²) in [5.41, 5.74) is 4.03. The SMILES string of the molecule is COc1cc(C2(CN)CC2(F)F)ccc1[N+](=O)[O-]. The van der Waals surface area contributed by atoms with Crippen LogP contribution in [-0.4, -0.2) is 24.5 Å². The number of hydrogen-bond acceptors (Lipinski definition) is 4. The minimum Gasteiger partial charge on any atom is -0.490 e. The Morgan fingerprint density at radius 3 is 2.56 bits per heavy atom. The van der Waals surface area contributed by atoms with Crippen molar-refractivity contribution in [3.8, 4) is 5.75 Å². The summed E-state index contributed by atoms with van der Waals surface area (Å²) >= 11 is 0. The number of benzene rings is 1. The molecule has 98 valence electrons. The second-order valence-electron chi connectivity index (χ2n) is 4.31. The summed E-state index contributed by atoms with van der Waals surface area (Å²) in [7, 11) is 1.26. The molecule has 7 heteroatoms. The topological polar surface area (TPSA) is 78.4 Å². The third-order valence-electron chi connectivity index (χ3n) is 3.38. The molecule has 0 spiro atoms. The summed E-state index contributed by atoms with van der Waals surface area (Å²) in [6.07, 6.45) is -0.336. The summed E-state index contributed by atoms with van der Waals surface area (Å²) in [6.45, 7) is -0.207. The van der Waals surface area contributed by atoms with Gasteiger partial charge in [0.2, 0.25) is 0 Å². The van der Waals surface area contributed by atoms with Gasteiger partial charge >= 0.3 is 5.69 Å². The number of nitro groups is 1. The molecule has 1 saturated carbocycles. The van der Waals surface area contributed by atoms with Gasteiger partial charge in [0.1, 0.15) is 0 Å². The lowest BCUT2D eigenvalue weighted by molar-refractivity contribution is -0.385. The van der Waals surface area contributed by atoms with Crippen molar-refractivity contribution in [2.24, 2.45) is 5.73 Å². The maximum absolute atomic E-state index is 13.4. The first kappa shape index (κ1) is 12.7. The van der Waals surface area contributed by atoms with Gasteiger partial charge < -0.3 is 10.5 Å². The van der Waals surface area contributed by atoms with Crippen LogP contribution in [0.25, 0.3) is 0 Å². The molecule has 2 N–H and O–H groups in total. The predicted molar refractivity (Wildman–Crippen MR) is 59.9 cm³/mol. The fourth-order valence-corrected chi connectivity index (χ4v) is 2.11. The van der Waals surface area contributed by atoms with Gasteiger partial charge in [-0.1, -0.05) is 6.07 Å². The number of rotatable bonds is 4. The minimum absolute atomic E-state index is 0.0342. The number of nitro benzene ring substituents is 1. The largest absolute Gasteiger partial charge is 0.490 e. The smallest absolute Gasteiger partial charge is 0.310 e. The maximum Gasteiger partial charge on any atom is 0.310 e. The van der Waals surface area contributed by atoms with Crippen LogP contribution in [0.15, 0.2) is 18.2 Å². The first-order chi connectivity index (χ1) is 8.38. The van der Waals surface area contributed by atoms with E-state index in [2.05, 4.69) is 0 Å². The Labute approximate surface area is 102 Å². The molecule has 1 fully saturated rings. The summed E-state index contributed by atoms with van der Waals surface area (Å²) in [4.78, 5) is 10.1. The van der Waals surface area contributed by atoms with Crippen molar-refractivity contribution in [1.82, 2.24) is 0 Å². The van der Waals surface area contributed by atoms with Crippen molar-refractivity contribution in [3.63, 3.8) is 0 Å². The fourth-order valence-electron chi connectivity index (χ4n) is 2.11. The number of alkyl halides is 2. The van der Waals surface area contributed by atoms with E-state index in [4.69, 9.17) is 10.5 Å². The molecule has 0 saturated heterocycles. The quantitative estimate of drug-likeness (QED) is 0.660. The molecule has 0 amide bonds. The van der Waals surface area contributed by atoms with E-state index in [9.17, 15) is 18.9 Å². The van der Waals surface area contributed by atoms with E-state index >= 15 is 0 Å². The van der Waals surface area contributed by atoms with Crippen LogP contribution in [0.4, 0.5) is 14.5 Å². The Morgan fingerprint density at radius 2 is 2.17 bits per heavy atom. The highest BCUT2D eigenvalue weighted by Gasteiger charge is 2.71. The van der Waals surface area contributed by atoms with Gasteiger partial charge in [-0.15, -0.1) is 0 Å². The zero-order chi connectivity index (χ0) is 13.6. The second-order valence-corrected chi connectivity index (χ2v) is 4.31. The monoisotopic (exact) mass is 258 g/mol. The minimum atomic E-state index is -2.86. The Kier molecular flexibility index (Phi) is 2.73. The van der Waals surface area contributed by atoms with Gasteiger partial charge in [-0.2, -0.15) is 0 Å². The number of ether oxygens (including phenoxy) is 1. The van der Waals surface area contributed by atoms with Crippen molar-refractivity contribution < 1.29 is 18.4 Å². The molecule has 5 nitrogen and oxygen atoms in total. The molecule has 0 aromatic heterocycles. The molecule has 0 heterocycles. The van der Waals surface area contributed by atoms with Crippen LogP contribution in [0.3, 0.4) is 0 Å². The summed E-state index contributed by atoms with van der Waals surface area (Å²) in [6, 6.07) is 3.75. The summed E-state index contributed by atoms with van der Waals surface area (Å²) in [5.74, 6) is -2.89. The van der Waals surface area contributed by atoms with Crippen LogP contribution in [0, 0.1) is 10.1 Å². The molecule has 1 aliphatic rings. The van der Waals surface area contributed by atoms with Gasteiger partial charge in [0.15, 0.2) is 5.75 Å². The molecular formula is C11H12F2N2O3. The molecule has 1 aromatic rings. The first-order valence-corrected chi connectivity index (χ1v) is 5.29. The van der Waals surface area contributed by atoms with Gasteiger partial charge in [-0.05, 0) is 11.6 Å². The highest BCUT2D eigenvalue weighted by molar-refractivity contribution is 5.52. The van der Waals surface area contributed by atoms with E-state index in [1.165, 1.54) is 25.3 Å². The third kappa shape index (κ3) is 1.62. The van der Waals surface area contributed by atoms with Crippen LogP contribution >= 0.6 is 0 Å². The van der Waals surface area contributed by atoms with Gasteiger partial charge in [0, 0.05) is 19.0 Å². The molecule has 0 bridgehead atoms. The number of hydrogen-bond donors (Lipinski definition) is 1. The number of nitrogens with zero attached hydrogens (tertiary/aromatic N) is 1. The number of halogens is 2. The molecule has 0 aliphatic heterocycles. The average molecular weight is 258 g/mol. The summed E-state index contributed by atoms with van der Waals surface area (Å²) < 4.78 is 31.6. The first-order valence-electron chi connectivity index (χ1n) is 5.29. The van der Waals surface area contributed by atoms with E-state index in [0.717, 1.165) is 0 Å². The van der Waals surface area contributed by atoms with E-state index < -0.39 is 16.3 Å². The van der Waals surface area contributed by atoms with Gasteiger partial charge in [0.05, 0.1) is 17.4 Å². The van der Waals surface area contributed by atoms with E-state index in [1.807, 2.05) is 0 Å². The van der Waals surface area contributed by atoms with E-state index in [1.54, 1.807) is 0 Å². The Morgan fingerprint density at radius 1 is 1.56 bits per heavy atom. The number of methoxy groups -OCH3 is 1. The third-order valence-corrected chi connectivity index (χ3v) is 3.38. The van der Waals surface area contributed by atoms with Crippen molar-refractivity contribution in [3.05, 3.63) is 33.9 Å². The van der Waals surface area contributed by atoms with Gasteiger partial charge in [-0.3, -0.25) is 10.1 Å². The molecule has 1 unspecified atom stereocenters. The molecular weight excluding hydrogens is 246 g/mol. The Balaban J connectivity index is 2.46. The van der Waals surface area contributed by atoms with Crippen molar-refractivity contribution >= 4 is 5.69 Å². The molecule has 0 radical (unpaired) electrons. The zero-order valence-corrected chi connectivity index (χ0v) is 9.65. The van der Waals surface area contributed by atoms with Crippen LogP contribution < -0.4 is 10.5 Å². The Hall–Kier alpha value is -1.76. The van der Waals surface area contributed by atoms with Gasteiger partial charge in [-0.25, -0.2) is 8.78 Å². The molecule has 1 aliphatic carbocycles. The van der Waals surface area contributed by atoms with E-state index in [-0.39, 0.29) is 30.0 Å². The lowest BCUT2D eigenvalue weighted by Gasteiger charge is -2.15. The molecule has 1 atom stereocenters. The lowest BCUT2D eigenvalue weighted by Crippen LogP contribution is -2.26. The van der Waals surface area contributed by atoms with E-state index in [0.29, 0.717) is 0 Å².